The van der Waals surface area contributed by atoms with Gasteiger partial charge in [0.05, 0.1) is 20.8 Å². The van der Waals surface area contributed by atoms with Crippen LogP contribution in [0.25, 0.3) is 10.2 Å². The zero-order valence-electron chi connectivity index (χ0n) is 14.5. The minimum atomic E-state index is -0.204. The Hall–Kier alpha value is -0.880. The molecule has 1 atom stereocenters. The summed E-state index contributed by atoms with van der Waals surface area (Å²) in [5.74, 6) is 0.702. The van der Waals surface area contributed by atoms with Gasteiger partial charge in [-0.3, -0.25) is 4.79 Å². The van der Waals surface area contributed by atoms with Gasteiger partial charge in [-0.15, -0.1) is 36.2 Å². The highest BCUT2D eigenvalue weighted by Crippen LogP contribution is 2.39. The zero-order chi connectivity index (χ0) is 16.3. The van der Waals surface area contributed by atoms with Gasteiger partial charge in [0.15, 0.2) is 0 Å². The molecular weight excluding hydrogens is 377 g/mol. The molecule has 0 spiro atoms. The summed E-state index contributed by atoms with van der Waals surface area (Å²) in [6.45, 7) is 2.60. The van der Waals surface area contributed by atoms with Gasteiger partial charge in [0.1, 0.15) is 0 Å². The third-order valence-electron chi connectivity index (χ3n) is 4.71. The number of benzene rings is 1. The number of rotatable bonds is 8. The number of carbonyl (C=O) groups is 1. The number of amides is 1. The van der Waals surface area contributed by atoms with Crippen LogP contribution in [0.4, 0.5) is 0 Å². The van der Waals surface area contributed by atoms with E-state index in [0.717, 1.165) is 29.8 Å². The average molecular weight is 404 g/mol. The topological polar surface area (TPSA) is 68.0 Å². The lowest BCUT2D eigenvalue weighted by Crippen LogP contribution is -2.53. The van der Waals surface area contributed by atoms with Crippen molar-refractivity contribution < 1.29 is 4.79 Å². The molecule has 1 amide bonds. The SMILES string of the molecule is CC(CN)(NC(=O)CCCCc1nc2ccccc2s1)C1CC1.Cl.Cl. The lowest BCUT2D eigenvalue weighted by Gasteiger charge is -2.29. The van der Waals surface area contributed by atoms with Crippen LogP contribution in [0.2, 0.25) is 0 Å². The first kappa shape index (κ1) is 22.2. The van der Waals surface area contributed by atoms with Crippen molar-refractivity contribution in [3.63, 3.8) is 0 Å². The molecule has 140 valence electrons. The maximum atomic E-state index is 12.1. The van der Waals surface area contributed by atoms with Crippen molar-refractivity contribution in [3.8, 4) is 0 Å². The summed E-state index contributed by atoms with van der Waals surface area (Å²) in [6, 6.07) is 8.22. The molecular formula is C18H27Cl2N3OS. The summed E-state index contributed by atoms with van der Waals surface area (Å²) >= 11 is 1.75. The predicted octanol–water partition coefficient (Wildman–Crippen LogP) is 4.10. The summed E-state index contributed by atoms with van der Waals surface area (Å²) in [6.07, 6.45) is 5.79. The van der Waals surface area contributed by atoms with Crippen LogP contribution in [0.15, 0.2) is 24.3 Å². The average Bonchev–Trinajstić information content (AvgIpc) is 3.32. The number of hydrogen-bond donors (Lipinski definition) is 2. The molecule has 1 aromatic carbocycles. The van der Waals surface area contributed by atoms with Gasteiger partial charge in [-0.1, -0.05) is 12.1 Å². The maximum absolute atomic E-state index is 12.1. The highest BCUT2D eigenvalue weighted by atomic mass is 35.5. The van der Waals surface area contributed by atoms with Crippen LogP contribution in [0.3, 0.4) is 0 Å². The van der Waals surface area contributed by atoms with E-state index in [1.807, 2.05) is 18.2 Å². The molecule has 3 rings (SSSR count). The molecule has 2 aromatic rings. The molecule has 1 saturated carbocycles. The first-order chi connectivity index (χ1) is 11.1. The lowest BCUT2D eigenvalue weighted by molar-refractivity contribution is -0.123. The van der Waals surface area contributed by atoms with E-state index in [9.17, 15) is 4.79 Å². The van der Waals surface area contributed by atoms with Crippen LogP contribution < -0.4 is 11.1 Å². The van der Waals surface area contributed by atoms with E-state index in [0.29, 0.717) is 18.9 Å². The number of nitrogens with one attached hydrogen (secondary N) is 1. The molecule has 3 N–H and O–H groups in total. The summed E-state index contributed by atoms with van der Waals surface area (Å²) in [5, 5.41) is 4.31. The van der Waals surface area contributed by atoms with Gasteiger partial charge in [0, 0.05) is 13.0 Å². The second-order valence-electron chi connectivity index (χ2n) is 6.73. The number of carbonyl (C=O) groups excluding carboxylic acids is 1. The van der Waals surface area contributed by atoms with E-state index in [-0.39, 0.29) is 36.3 Å². The molecule has 1 aliphatic carbocycles. The van der Waals surface area contributed by atoms with E-state index in [2.05, 4.69) is 23.3 Å². The second kappa shape index (κ2) is 9.72. The summed E-state index contributed by atoms with van der Waals surface area (Å²) in [4.78, 5) is 16.8. The highest BCUT2D eigenvalue weighted by molar-refractivity contribution is 7.18. The standard InChI is InChI=1S/C18H25N3OS.2ClH/c1-18(12-19,13-10-11-13)21-16(22)8-4-5-9-17-20-14-6-2-3-7-15(14)23-17;;/h2-3,6-7,13H,4-5,8-12,19H2,1H3,(H,21,22);2*1H. The molecule has 1 aromatic heterocycles. The van der Waals surface area contributed by atoms with Gasteiger partial charge < -0.3 is 11.1 Å². The maximum Gasteiger partial charge on any atom is 0.220 e. The van der Waals surface area contributed by atoms with Crippen LogP contribution in [-0.2, 0) is 11.2 Å². The number of aryl methyl sites for hydroxylation is 1. The normalized spacial score (nSPS) is 15.8. The number of hydrogen-bond acceptors (Lipinski definition) is 4. The Morgan fingerprint density at radius 2 is 2.04 bits per heavy atom. The number of fused-ring (bicyclic) bond motifs is 1. The minimum absolute atomic E-state index is 0. The van der Waals surface area contributed by atoms with Crippen LogP contribution in [0, 0.1) is 5.92 Å². The van der Waals surface area contributed by atoms with E-state index in [4.69, 9.17) is 5.73 Å². The van der Waals surface area contributed by atoms with Crippen molar-refractivity contribution in [2.45, 2.75) is 51.0 Å². The largest absolute Gasteiger partial charge is 0.349 e. The monoisotopic (exact) mass is 403 g/mol. The fourth-order valence-corrected chi connectivity index (χ4v) is 4.02. The zero-order valence-corrected chi connectivity index (χ0v) is 16.9. The van der Waals surface area contributed by atoms with Crippen LogP contribution >= 0.6 is 36.2 Å². The molecule has 0 radical (unpaired) electrons. The third-order valence-corrected chi connectivity index (χ3v) is 5.81. The highest BCUT2D eigenvalue weighted by Gasteiger charge is 2.41. The van der Waals surface area contributed by atoms with Crippen molar-refractivity contribution in [2.75, 3.05) is 6.54 Å². The molecule has 0 bridgehead atoms. The van der Waals surface area contributed by atoms with Crippen LogP contribution in [0.1, 0.15) is 44.0 Å². The van der Waals surface area contributed by atoms with E-state index in [1.165, 1.54) is 17.5 Å². The molecule has 0 aliphatic heterocycles. The first-order valence-electron chi connectivity index (χ1n) is 8.46. The lowest BCUT2D eigenvalue weighted by atomic mass is 9.95. The quantitative estimate of drug-likeness (QED) is 0.651. The van der Waals surface area contributed by atoms with Gasteiger partial charge in [0.2, 0.25) is 5.91 Å². The minimum Gasteiger partial charge on any atom is -0.349 e. The Morgan fingerprint density at radius 1 is 1.32 bits per heavy atom. The molecule has 1 aliphatic rings. The van der Waals surface area contributed by atoms with E-state index in [1.54, 1.807) is 11.3 Å². The fraction of sp³-hybridized carbons (Fsp3) is 0.556. The molecule has 7 heteroatoms. The molecule has 1 unspecified atom stereocenters. The Bertz CT molecular complexity index is 657. The Labute approximate surface area is 165 Å². The molecule has 0 saturated heterocycles. The van der Waals surface area contributed by atoms with Gasteiger partial charge in [-0.25, -0.2) is 4.98 Å². The third kappa shape index (κ3) is 5.81. The number of aromatic nitrogens is 1. The predicted molar refractivity (Wildman–Crippen MR) is 110 cm³/mol. The Kier molecular flexibility index (Phi) is 8.61. The first-order valence-corrected chi connectivity index (χ1v) is 9.28. The van der Waals surface area contributed by atoms with Gasteiger partial charge in [-0.2, -0.15) is 0 Å². The number of nitrogens with zero attached hydrogens (tertiary/aromatic N) is 1. The Morgan fingerprint density at radius 3 is 2.68 bits per heavy atom. The molecule has 25 heavy (non-hydrogen) atoms. The molecule has 4 nitrogen and oxygen atoms in total. The van der Waals surface area contributed by atoms with Crippen molar-refractivity contribution in [2.24, 2.45) is 11.7 Å². The van der Waals surface area contributed by atoms with E-state index < -0.39 is 0 Å². The molecule has 1 heterocycles. The number of unbranched alkanes of at least 4 members (excludes halogenated alkanes) is 1. The summed E-state index contributed by atoms with van der Waals surface area (Å²) in [5.41, 5.74) is 6.72. The van der Waals surface area contributed by atoms with Gasteiger partial charge >= 0.3 is 0 Å². The van der Waals surface area contributed by atoms with Gasteiger partial charge in [0.25, 0.3) is 0 Å². The van der Waals surface area contributed by atoms with Crippen LogP contribution in [0.5, 0.6) is 0 Å². The number of thiazole rings is 1. The summed E-state index contributed by atoms with van der Waals surface area (Å²) in [7, 11) is 0. The van der Waals surface area contributed by atoms with E-state index >= 15 is 0 Å². The smallest absolute Gasteiger partial charge is 0.220 e. The van der Waals surface area contributed by atoms with Gasteiger partial charge in [-0.05, 0) is 57.1 Å². The number of para-hydroxylation sites is 1. The molecule has 1 fully saturated rings. The van der Waals surface area contributed by atoms with Crippen molar-refractivity contribution in [1.29, 1.82) is 0 Å². The number of nitrogens with two attached hydrogens (primary N) is 1. The number of halogens is 2. The van der Waals surface area contributed by atoms with Crippen molar-refractivity contribution >= 4 is 52.3 Å². The Balaban J connectivity index is 0.00000156. The second-order valence-corrected chi connectivity index (χ2v) is 7.84. The van der Waals surface area contributed by atoms with Crippen molar-refractivity contribution in [3.05, 3.63) is 29.3 Å². The summed E-state index contributed by atoms with van der Waals surface area (Å²) < 4.78 is 1.24. The van der Waals surface area contributed by atoms with Crippen LogP contribution in [-0.4, -0.2) is 23.0 Å². The fourth-order valence-electron chi connectivity index (χ4n) is 3.01. The van der Waals surface area contributed by atoms with Crippen molar-refractivity contribution in [1.82, 2.24) is 10.3 Å².